The minimum Gasteiger partial charge on any atom is -0.462 e. The van der Waals surface area contributed by atoms with Gasteiger partial charge in [-0.3, -0.25) is 37.3 Å². The fourth-order valence-corrected chi connectivity index (χ4v) is 10.8. The van der Waals surface area contributed by atoms with E-state index in [2.05, 4.69) is 48.5 Å². The van der Waals surface area contributed by atoms with Crippen LogP contribution in [0.25, 0.3) is 0 Å². The summed E-state index contributed by atoms with van der Waals surface area (Å²) < 4.78 is 67.9. The van der Waals surface area contributed by atoms with E-state index in [4.69, 9.17) is 37.0 Å². The standard InChI is InChI=1S/C63H122O17P2/c1-8-11-12-13-14-17-21-30-37-44-60(65)73-50-59(80-63(68)47-40-33-26-24-29-36-43-56(7)10-3)53-78-82(71,72)76-49-57(64)48-75-81(69,70)77-52-58(51-74-61(66)45-38-31-25-23-28-35-42-55(6)9-2)79-62(67)46-39-32-22-19-16-15-18-20-27-34-41-54(4)5/h54-59,64H,8-53H2,1-7H3,(H,69,70)(H,71,72)/t55?,56?,57-,58-,59-/m1/s1. The molecule has 3 N–H and O–H groups in total. The summed E-state index contributed by atoms with van der Waals surface area (Å²) in [4.78, 5) is 72.1. The van der Waals surface area contributed by atoms with Crippen LogP contribution in [0.15, 0.2) is 0 Å². The predicted molar refractivity (Wildman–Crippen MR) is 326 cm³/mol. The highest BCUT2D eigenvalue weighted by atomic mass is 31.2. The van der Waals surface area contributed by atoms with Crippen molar-refractivity contribution in [3.05, 3.63) is 0 Å². The second-order valence-electron chi connectivity index (χ2n) is 23.8. The quantitative estimate of drug-likeness (QED) is 0.0222. The van der Waals surface area contributed by atoms with Gasteiger partial charge < -0.3 is 33.8 Å². The summed E-state index contributed by atoms with van der Waals surface area (Å²) in [6, 6.07) is 0. The number of carbonyl (C=O) groups excluding carboxylic acids is 4. The number of hydrogen-bond acceptors (Lipinski definition) is 15. The van der Waals surface area contributed by atoms with E-state index in [1.807, 2.05) is 0 Å². The Morgan fingerprint density at radius 1 is 0.354 bits per heavy atom. The summed E-state index contributed by atoms with van der Waals surface area (Å²) in [6.07, 6.45) is 34.9. The number of esters is 4. The van der Waals surface area contributed by atoms with Crippen molar-refractivity contribution in [2.24, 2.45) is 17.8 Å². The van der Waals surface area contributed by atoms with Crippen molar-refractivity contribution >= 4 is 39.5 Å². The molecule has 0 heterocycles. The fourth-order valence-electron chi connectivity index (χ4n) is 9.24. The molecule has 82 heavy (non-hydrogen) atoms. The molecule has 0 aromatic heterocycles. The number of carbonyl (C=O) groups is 4. The Hall–Kier alpha value is -1.94. The van der Waals surface area contributed by atoms with Crippen LogP contribution in [-0.4, -0.2) is 96.7 Å². The summed E-state index contributed by atoms with van der Waals surface area (Å²) >= 11 is 0. The van der Waals surface area contributed by atoms with Gasteiger partial charge in [-0.2, -0.15) is 0 Å². The first-order valence-corrected chi connectivity index (χ1v) is 35.9. The van der Waals surface area contributed by atoms with E-state index < -0.39 is 97.5 Å². The SMILES string of the molecule is CCCCCCCCCCCC(=O)OC[C@H](COP(=O)(O)OC[C@H](O)COP(=O)(O)OC[C@@H](COC(=O)CCCCCCCCC(C)CC)OC(=O)CCCCCCCCCCCCC(C)C)OC(=O)CCCCCCCCC(C)CC. The lowest BCUT2D eigenvalue weighted by molar-refractivity contribution is -0.161. The number of aliphatic hydroxyl groups excluding tert-OH is 1. The van der Waals surface area contributed by atoms with Crippen LogP contribution in [-0.2, 0) is 65.4 Å². The van der Waals surface area contributed by atoms with E-state index in [1.54, 1.807) is 0 Å². The number of unbranched alkanes of at least 4 members (excludes halogenated alkanes) is 27. The lowest BCUT2D eigenvalue weighted by Crippen LogP contribution is -2.30. The van der Waals surface area contributed by atoms with Gasteiger partial charge in [-0.25, -0.2) is 9.13 Å². The maximum Gasteiger partial charge on any atom is 0.472 e. The summed E-state index contributed by atoms with van der Waals surface area (Å²) in [6.45, 7) is 11.7. The van der Waals surface area contributed by atoms with Gasteiger partial charge in [-0.1, -0.05) is 254 Å². The van der Waals surface area contributed by atoms with Gasteiger partial charge in [-0.15, -0.1) is 0 Å². The molecule has 7 atom stereocenters. The minimum absolute atomic E-state index is 0.102. The van der Waals surface area contributed by atoms with E-state index in [0.717, 1.165) is 114 Å². The molecule has 0 saturated carbocycles. The molecule has 0 bridgehead atoms. The third kappa shape index (κ3) is 54.7. The average molecular weight is 1210 g/mol. The molecular weight excluding hydrogens is 1090 g/mol. The van der Waals surface area contributed by atoms with Gasteiger partial charge in [-0.05, 0) is 43.4 Å². The maximum atomic E-state index is 13.0. The molecule has 19 heteroatoms. The Morgan fingerprint density at radius 3 is 0.927 bits per heavy atom. The molecule has 0 aromatic carbocycles. The molecule has 0 spiro atoms. The number of rotatable bonds is 61. The van der Waals surface area contributed by atoms with E-state index >= 15 is 0 Å². The first-order chi connectivity index (χ1) is 39.3. The van der Waals surface area contributed by atoms with Gasteiger partial charge in [0.1, 0.15) is 19.3 Å². The van der Waals surface area contributed by atoms with Crippen LogP contribution >= 0.6 is 15.6 Å². The van der Waals surface area contributed by atoms with E-state index in [0.29, 0.717) is 25.7 Å². The third-order valence-electron chi connectivity index (χ3n) is 15.1. The monoisotopic (exact) mass is 1210 g/mol. The zero-order valence-electron chi connectivity index (χ0n) is 52.9. The van der Waals surface area contributed by atoms with Crippen LogP contribution in [0.3, 0.4) is 0 Å². The van der Waals surface area contributed by atoms with Gasteiger partial charge in [0, 0.05) is 25.7 Å². The second kappa shape index (κ2) is 54.5. The Morgan fingerprint density at radius 2 is 0.622 bits per heavy atom. The zero-order chi connectivity index (χ0) is 61.0. The largest absolute Gasteiger partial charge is 0.472 e. The first-order valence-electron chi connectivity index (χ1n) is 32.9. The smallest absolute Gasteiger partial charge is 0.462 e. The summed E-state index contributed by atoms with van der Waals surface area (Å²) in [5.74, 6) is 0.0618. The lowest BCUT2D eigenvalue weighted by Gasteiger charge is -2.21. The zero-order valence-corrected chi connectivity index (χ0v) is 54.7. The molecule has 0 amide bonds. The van der Waals surface area contributed by atoms with Crippen LogP contribution in [0.2, 0.25) is 0 Å². The topological polar surface area (TPSA) is 237 Å². The van der Waals surface area contributed by atoms with Crippen molar-refractivity contribution in [3.8, 4) is 0 Å². The molecule has 0 saturated heterocycles. The van der Waals surface area contributed by atoms with Crippen LogP contribution in [0.1, 0.15) is 305 Å². The Bertz CT molecular complexity index is 1630. The van der Waals surface area contributed by atoms with Crippen molar-refractivity contribution in [2.45, 2.75) is 324 Å². The Kier molecular flexibility index (Phi) is 53.2. The molecular formula is C63H122O17P2. The van der Waals surface area contributed by atoms with Crippen molar-refractivity contribution in [1.82, 2.24) is 0 Å². The second-order valence-corrected chi connectivity index (χ2v) is 26.7. The molecule has 0 aromatic rings. The van der Waals surface area contributed by atoms with Crippen LogP contribution in [0, 0.1) is 17.8 Å². The van der Waals surface area contributed by atoms with Crippen molar-refractivity contribution in [3.63, 3.8) is 0 Å². The molecule has 0 aliphatic heterocycles. The van der Waals surface area contributed by atoms with Gasteiger partial charge in [0.2, 0.25) is 0 Å². The van der Waals surface area contributed by atoms with Gasteiger partial charge in [0.05, 0.1) is 26.4 Å². The first kappa shape index (κ1) is 80.1. The molecule has 0 radical (unpaired) electrons. The number of phosphoric ester groups is 2. The fraction of sp³-hybridized carbons (Fsp3) is 0.937. The van der Waals surface area contributed by atoms with Crippen molar-refractivity contribution in [2.75, 3.05) is 39.6 Å². The molecule has 4 unspecified atom stereocenters. The minimum atomic E-state index is -4.94. The molecule has 486 valence electrons. The highest BCUT2D eigenvalue weighted by Crippen LogP contribution is 2.45. The van der Waals surface area contributed by atoms with Crippen molar-refractivity contribution in [1.29, 1.82) is 0 Å². The normalized spacial score (nSPS) is 15.1. The molecule has 0 aliphatic rings. The Balaban J connectivity index is 5.25. The molecule has 17 nitrogen and oxygen atoms in total. The summed E-state index contributed by atoms with van der Waals surface area (Å²) in [7, 11) is -9.89. The van der Waals surface area contributed by atoms with E-state index in [-0.39, 0.29) is 25.7 Å². The molecule has 0 fully saturated rings. The number of ether oxygens (including phenoxy) is 4. The van der Waals surface area contributed by atoms with Gasteiger partial charge in [0.15, 0.2) is 12.2 Å². The number of hydrogen-bond donors (Lipinski definition) is 3. The van der Waals surface area contributed by atoms with E-state index in [9.17, 15) is 43.2 Å². The highest BCUT2D eigenvalue weighted by Gasteiger charge is 2.30. The highest BCUT2D eigenvalue weighted by molar-refractivity contribution is 7.47. The Labute approximate surface area is 498 Å². The van der Waals surface area contributed by atoms with Gasteiger partial charge >= 0.3 is 39.5 Å². The molecule has 0 rings (SSSR count). The summed E-state index contributed by atoms with van der Waals surface area (Å²) in [5.41, 5.74) is 0. The maximum absolute atomic E-state index is 13.0. The number of aliphatic hydroxyl groups is 1. The van der Waals surface area contributed by atoms with E-state index in [1.165, 1.54) is 109 Å². The molecule has 0 aliphatic carbocycles. The van der Waals surface area contributed by atoms with Gasteiger partial charge in [0.25, 0.3) is 0 Å². The lowest BCUT2D eigenvalue weighted by atomic mass is 10.00. The third-order valence-corrected chi connectivity index (χ3v) is 17.0. The van der Waals surface area contributed by atoms with Crippen LogP contribution in [0.4, 0.5) is 0 Å². The summed E-state index contributed by atoms with van der Waals surface area (Å²) in [5, 5.41) is 10.5. The van der Waals surface area contributed by atoms with Crippen LogP contribution in [0.5, 0.6) is 0 Å². The van der Waals surface area contributed by atoms with Crippen molar-refractivity contribution < 1.29 is 80.2 Å². The average Bonchev–Trinajstić information content (AvgIpc) is 3.47. The number of phosphoric acid groups is 2. The van der Waals surface area contributed by atoms with Crippen LogP contribution < -0.4 is 0 Å². The predicted octanol–water partition coefficient (Wildman–Crippen LogP) is 17.1.